The predicted octanol–water partition coefficient (Wildman–Crippen LogP) is 2.52. The smallest absolute Gasteiger partial charge is 0.269 e. The number of nitrogens with two attached hydrogens (primary N) is 1. The van der Waals surface area contributed by atoms with E-state index in [9.17, 15) is 14.9 Å². The Morgan fingerprint density at radius 2 is 2.00 bits per heavy atom. The zero-order valence-corrected chi connectivity index (χ0v) is 11.8. The molecule has 2 aliphatic rings. The Morgan fingerprint density at radius 1 is 1.29 bits per heavy atom. The summed E-state index contributed by atoms with van der Waals surface area (Å²) < 4.78 is 0. The van der Waals surface area contributed by atoms with Crippen LogP contribution in [0.5, 0.6) is 0 Å². The molecule has 1 saturated carbocycles. The number of amides is 1. The summed E-state index contributed by atoms with van der Waals surface area (Å²) in [5, 5.41) is 10.9. The van der Waals surface area contributed by atoms with Gasteiger partial charge in [-0.2, -0.15) is 0 Å². The van der Waals surface area contributed by atoms with E-state index in [4.69, 9.17) is 5.73 Å². The zero-order chi connectivity index (χ0) is 15.0. The van der Waals surface area contributed by atoms with Crippen molar-refractivity contribution in [3.8, 4) is 0 Å². The lowest BCUT2D eigenvalue weighted by Gasteiger charge is -2.27. The number of carbonyl (C=O) groups is 1. The molecule has 1 aliphatic heterocycles. The Morgan fingerprint density at radius 3 is 2.67 bits per heavy atom. The molecule has 0 aromatic heterocycles. The minimum atomic E-state index is -0.775. The Bertz CT molecular complexity index is 582. The normalized spacial score (nSPS) is 22.4. The van der Waals surface area contributed by atoms with Crippen LogP contribution < -0.4 is 10.6 Å². The number of fused-ring (bicyclic) bond motifs is 1. The standard InChI is InChI=1S/C15H19N3O3/c16-14-12-8-11(18(20)21)6-7-13(12)17(15(14)19)9-10-4-2-1-3-5-10/h6-8,10,14H,1-5,9,16H2. The maximum atomic E-state index is 12.3. The van der Waals surface area contributed by atoms with E-state index >= 15 is 0 Å². The maximum absolute atomic E-state index is 12.3. The summed E-state index contributed by atoms with van der Waals surface area (Å²) in [4.78, 5) is 24.5. The van der Waals surface area contributed by atoms with Gasteiger partial charge in [0.2, 0.25) is 5.91 Å². The van der Waals surface area contributed by atoms with Gasteiger partial charge in [-0.15, -0.1) is 0 Å². The summed E-state index contributed by atoms with van der Waals surface area (Å²) in [6, 6.07) is 3.75. The van der Waals surface area contributed by atoms with Crippen molar-refractivity contribution in [2.45, 2.75) is 38.1 Å². The van der Waals surface area contributed by atoms with Crippen LogP contribution in [0, 0.1) is 16.0 Å². The van der Waals surface area contributed by atoms with Crippen molar-refractivity contribution in [2.24, 2.45) is 11.7 Å². The second kappa shape index (κ2) is 5.44. The fourth-order valence-corrected chi connectivity index (χ4v) is 3.39. The third kappa shape index (κ3) is 2.51. The minimum absolute atomic E-state index is 0.0171. The second-order valence-electron chi connectivity index (χ2n) is 5.93. The molecule has 21 heavy (non-hydrogen) atoms. The van der Waals surface area contributed by atoms with Crippen molar-refractivity contribution < 1.29 is 9.72 Å². The van der Waals surface area contributed by atoms with Gasteiger partial charge in [-0.25, -0.2) is 0 Å². The number of nitrogens with zero attached hydrogens (tertiary/aromatic N) is 2. The molecule has 2 N–H and O–H groups in total. The van der Waals surface area contributed by atoms with E-state index < -0.39 is 11.0 Å². The molecular weight excluding hydrogens is 270 g/mol. The first kappa shape index (κ1) is 14.0. The molecule has 1 aliphatic carbocycles. The highest BCUT2D eigenvalue weighted by Crippen LogP contribution is 2.38. The summed E-state index contributed by atoms with van der Waals surface area (Å²) in [7, 11) is 0. The number of non-ortho nitro benzene ring substituents is 1. The number of nitro benzene ring substituents is 1. The van der Waals surface area contributed by atoms with E-state index in [1.807, 2.05) is 0 Å². The van der Waals surface area contributed by atoms with Gasteiger partial charge in [0.25, 0.3) is 5.69 Å². The van der Waals surface area contributed by atoms with Crippen molar-refractivity contribution in [1.82, 2.24) is 0 Å². The van der Waals surface area contributed by atoms with Gasteiger partial charge in [0.1, 0.15) is 6.04 Å². The average Bonchev–Trinajstić information content (AvgIpc) is 2.73. The molecule has 1 amide bonds. The molecule has 0 bridgehead atoms. The van der Waals surface area contributed by atoms with Crippen LogP contribution in [0.25, 0.3) is 0 Å². The van der Waals surface area contributed by atoms with E-state index in [1.54, 1.807) is 11.0 Å². The summed E-state index contributed by atoms with van der Waals surface area (Å²) in [6.45, 7) is 0.678. The van der Waals surface area contributed by atoms with Crippen LogP contribution in [0.4, 0.5) is 11.4 Å². The molecular formula is C15H19N3O3. The molecule has 3 rings (SSSR count). The van der Waals surface area contributed by atoms with Crippen LogP contribution in [0.1, 0.15) is 43.7 Å². The lowest BCUT2D eigenvalue weighted by molar-refractivity contribution is -0.384. The summed E-state index contributed by atoms with van der Waals surface area (Å²) >= 11 is 0. The first-order valence-corrected chi connectivity index (χ1v) is 7.43. The Labute approximate surface area is 123 Å². The van der Waals surface area contributed by atoms with E-state index in [2.05, 4.69) is 0 Å². The molecule has 1 aromatic rings. The third-order valence-corrected chi connectivity index (χ3v) is 4.55. The third-order valence-electron chi connectivity index (χ3n) is 4.55. The number of rotatable bonds is 3. The molecule has 112 valence electrons. The fraction of sp³-hybridized carbons (Fsp3) is 0.533. The van der Waals surface area contributed by atoms with Gasteiger partial charge in [0.15, 0.2) is 0 Å². The Kier molecular flexibility index (Phi) is 3.63. The average molecular weight is 289 g/mol. The maximum Gasteiger partial charge on any atom is 0.269 e. The second-order valence-corrected chi connectivity index (χ2v) is 5.93. The van der Waals surface area contributed by atoms with E-state index in [-0.39, 0.29) is 11.6 Å². The summed E-state index contributed by atoms with van der Waals surface area (Å²) in [5.74, 6) is 0.368. The highest BCUT2D eigenvalue weighted by molar-refractivity contribution is 6.04. The minimum Gasteiger partial charge on any atom is -0.316 e. The molecule has 0 saturated heterocycles. The van der Waals surface area contributed by atoms with E-state index in [0.29, 0.717) is 18.0 Å². The highest BCUT2D eigenvalue weighted by atomic mass is 16.6. The number of hydrogen-bond acceptors (Lipinski definition) is 4. The quantitative estimate of drug-likeness (QED) is 0.684. The van der Waals surface area contributed by atoms with E-state index in [1.165, 1.54) is 31.4 Å². The molecule has 0 radical (unpaired) electrons. The summed E-state index contributed by atoms with van der Waals surface area (Å²) in [5.41, 5.74) is 7.24. The number of nitro groups is 1. The van der Waals surface area contributed by atoms with Crippen LogP contribution >= 0.6 is 0 Å². The van der Waals surface area contributed by atoms with Crippen LogP contribution in [0.2, 0.25) is 0 Å². The molecule has 1 unspecified atom stereocenters. The Balaban J connectivity index is 1.87. The monoisotopic (exact) mass is 289 g/mol. The lowest BCUT2D eigenvalue weighted by Crippen LogP contribution is -2.36. The summed E-state index contributed by atoms with van der Waals surface area (Å²) in [6.07, 6.45) is 5.98. The number of carbonyl (C=O) groups excluding carboxylic acids is 1. The molecule has 0 spiro atoms. The topological polar surface area (TPSA) is 89.5 Å². The first-order valence-electron chi connectivity index (χ1n) is 7.43. The SMILES string of the molecule is NC1C(=O)N(CC2CCCCC2)c2ccc([N+](=O)[O-])cc21. The number of anilines is 1. The van der Waals surface area contributed by atoms with Gasteiger partial charge in [-0.3, -0.25) is 14.9 Å². The molecule has 1 heterocycles. The van der Waals surface area contributed by atoms with Gasteiger partial charge >= 0.3 is 0 Å². The van der Waals surface area contributed by atoms with Crippen molar-refractivity contribution in [3.63, 3.8) is 0 Å². The van der Waals surface area contributed by atoms with Gasteiger partial charge in [0, 0.05) is 29.9 Å². The molecule has 6 nitrogen and oxygen atoms in total. The largest absolute Gasteiger partial charge is 0.316 e. The van der Waals surface area contributed by atoms with Crippen LogP contribution in [-0.2, 0) is 4.79 Å². The predicted molar refractivity (Wildman–Crippen MR) is 79.0 cm³/mol. The van der Waals surface area contributed by atoms with Crippen LogP contribution in [0.3, 0.4) is 0 Å². The molecule has 1 fully saturated rings. The van der Waals surface area contributed by atoms with Crippen molar-refractivity contribution in [2.75, 3.05) is 11.4 Å². The lowest BCUT2D eigenvalue weighted by atomic mass is 9.89. The van der Waals surface area contributed by atoms with Crippen molar-refractivity contribution in [3.05, 3.63) is 33.9 Å². The van der Waals surface area contributed by atoms with Crippen molar-refractivity contribution in [1.29, 1.82) is 0 Å². The molecule has 6 heteroatoms. The first-order chi connectivity index (χ1) is 10.1. The Hall–Kier alpha value is -1.95. The highest BCUT2D eigenvalue weighted by Gasteiger charge is 2.37. The van der Waals surface area contributed by atoms with Gasteiger partial charge in [-0.1, -0.05) is 19.3 Å². The van der Waals surface area contributed by atoms with Crippen molar-refractivity contribution >= 4 is 17.3 Å². The van der Waals surface area contributed by atoms with Gasteiger partial charge in [-0.05, 0) is 24.8 Å². The van der Waals surface area contributed by atoms with Gasteiger partial charge in [0.05, 0.1) is 4.92 Å². The van der Waals surface area contributed by atoms with Gasteiger partial charge < -0.3 is 10.6 Å². The zero-order valence-electron chi connectivity index (χ0n) is 11.8. The number of benzene rings is 1. The van der Waals surface area contributed by atoms with Crippen LogP contribution in [-0.4, -0.2) is 17.4 Å². The van der Waals surface area contributed by atoms with E-state index in [0.717, 1.165) is 18.5 Å². The molecule has 1 aromatic carbocycles. The number of hydrogen-bond donors (Lipinski definition) is 1. The molecule has 1 atom stereocenters. The van der Waals surface area contributed by atoms with Crippen LogP contribution in [0.15, 0.2) is 18.2 Å². The fourth-order valence-electron chi connectivity index (χ4n) is 3.39.